The average molecular weight is 182 g/mol. The zero-order chi connectivity index (χ0) is 9.68. The minimum absolute atomic E-state index is 0.153. The highest BCUT2D eigenvalue weighted by molar-refractivity contribution is 4.95. The van der Waals surface area contributed by atoms with Gasteiger partial charge in [0, 0.05) is 6.07 Å². The van der Waals surface area contributed by atoms with Crippen molar-refractivity contribution in [3.05, 3.63) is 40.2 Å². The van der Waals surface area contributed by atoms with Crippen molar-refractivity contribution in [2.75, 3.05) is 0 Å². The van der Waals surface area contributed by atoms with Crippen LogP contribution in [0.4, 0.5) is 0 Å². The molecule has 0 aromatic carbocycles. The summed E-state index contributed by atoms with van der Waals surface area (Å²) in [4.78, 5) is 10.3. The van der Waals surface area contributed by atoms with E-state index in [1.165, 1.54) is 6.26 Å². The smallest absolute Gasteiger partial charge is 0.282 e. The lowest BCUT2D eigenvalue weighted by Crippen LogP contribution is -1.98. The summed E-state index contributed by atoms with van der Waals surface area (Å²) in [7, 11) is 0. The van der Waals surface area contributed by atoms with E-state index in [4.69, 9.17) is 0 Å². The van der Waals surface area contributed by atoms with Crippen molar-refractivity contribution in [1.29, 1.82) is 0 Å². The Bertz CT molecular complexity index is 385. The Kier molecular flexibility index (Phi) is 3.08. The van der Waals surface area contributed by atoms with Gasteiger partial charge in [0.2, 0.25) is 0 Å². The lowest BCUT2D eigenvalue weighted by atomic mass is 10.4. The molecule has 0 bridgehead atoms. The van der Waals surface area contributed by atoms with Gasteiger partial charge in [-0.15, -0.1) is 0 Å². The number of rotatable bonds is 0. The van der Waals surface area contributed by atoms with Crippen LogP contribution in [0.3, 0.4) is 0 Å². The van der Waals surface area contributed by atoms with Crippen molar-refractivity contribution in [1.82, 2.24) is 10.3 Å². The van der Waals surface area contributed by atoms with Gasteiger partial charge in [-0.3, -0.25) is 4.79 Å². The van der Waals surface area contributed by atoms with E-state index in [1.54, 1.807) is 19.2 Å². The third kappa shape index (κ3) is 2.98. The topological polar surface area (TPSA) is 72.0 Å². The maximum absolute atomic E-state index is 10.3. The Morgan fingerprint density at radius 1 is 1.46 bits per heavy atom. The molecular formula is C8H10N2O3. The second-order valence-corrected chi connectivity index (χ2v) is 2.47. The molecule has 0 saturated carbocycles. The zero-order valence-corrected chi connectivity index (χ0v) is 7.40. The molecule has 0 atom stereocenters. The molecule has 2 aromatic heterocycles. The molecule has 2 aromatic rings. The normalized spacial score (nSPS) is 9.08. The molecule has 13 heavy (non-hydrogen) atoms. The molecule has 2 rings (SSSR count). The molecule has 1 N–H and O–H groups in total. The summed E-state index contributed by atoms with van der Waals surface area (Å²) in [6.45, 7) is 3.54. The summed E-state index contributed by atoms with van der Waals surface area (Å²) in [5.41, 5.74) is 0.458. The molecule has 2 heterocycles. The van der Waals surface area contributed by atoms with Crippen LogP contribution in [0.25, 0.3) is 0 Å². The maximum Gasteiger partial charge on any atom is 0.282 e. The van der Waals surface area contributed by atoms with E-state index in [-0.39, 0.29) is 5.56 Å². The molecule has 0 aliphatic carbocycles. The van der Waals surface area contributed by atoms with E-state index < -0.39 is 0 Å². The van der Waals surface area contributed by atoms with Gasteiger partial charge >= 0.3 is 0 Å². The van der Waals surface area contributed by atoms with Gasteiger partial charge in [0.15, 0.2) is 0 Å². The second kappa shape index (κ2) is 4.30. The van der Waals surface area contributed by atoms with E-state index in [2.05, 4.69) is 19.4 Å². The van der Waals surface area contributed by atoms with Gasteiger partial charge in [-0.05, 0) is 13.8 Å². The second-order valence-electron chi connectivity index (χ2n) is 2.47. The maximum atomic E-state index is 10.3. The Morgan fingerprint density at radius 2 is 2.23 bits per heavy atom. The highest BCUT2D eigenvalue weighted by Crippen LogP contribution is 1.88. The number of aromatic nitrogens is 2. The van der Waals surface area contributed by atoms with Crippen molar-refractivity contribution in [2.24, 2.45) is 0 Å². The number of H-pyrrole nitrogens is 1. The van der Waals surface area contributed by atoms with E-state index >= 15 is 0 Å². The van der Waals surface area contributed by atoms with Crippen LogP contribution in [0.1, 0.15) is 11.3 Å². The van der Waals surface area contributed by atoms with Crippen molar-refractivity contribution in [3.8, 4) is 0 Å². The van der Waals surface area contributed by atoms with Crippen LogP contribution < -0.4 is 5.56 Å². The molecule has 0 radical (unpaired) electrons. The molecular weight excluding hydrogens is 172 g/mol. The van der Waals surface area contributed by atoms with Crippen molar-refractivity contribution in [2.45, 2.75) is 13.8 Å². The minimum atomic E-state index is -0.153. The molecule has 0 saturated heterocycles. The van der Waals surface area contributed by atoms with Gasteiger partial charge in [0.1, 0.15) is 12.0 Å². The van der Waals surface area contributed by atoms with E-state index in [1.807, 2.05) is 6.92 Å². The highest BCUT2D eigenvalue weighted by atomic mass is 16.5. The standard InChI is InChI=1S/C4H5NO2.C4H5NO/c1-3-2-7-5-4(3)6;1-4-2-3-5-6-4/h2H,1H3,(H,5,6);2-3H,1H3. The summed E-state index contributed by atoms with van der Waals surface area (Å²) in [6.07, 6.45) is 3.00. The molecule has 5 nitrogen and oxygen atoms in total. The number of aromatic amines is 1. The number of aryl methyl sites for hydroxylation is 2. The first-order valence-electron chi connectivity index (χ1n) is 3.70. The van der Waals surface area contributed by atoms with Crippen molar-refractivity contribution in [3.63, 3.8) is 0 Å². The van der Waals surface area contributed by atoms with Crippen LogP contribution in [0.2, 0.25) is 0 Å². The van der Waals surface area contributed by atoms with Crippen LogP contribution in [-0.4, -0.2) is 10.3 Å². The highest BCUT2D eigenvalue weighted by Gasteiger charge is 1.88. The first kappa shape index (κ1) is 9.31. The lowest BCUT2D eigenvalue weighted by molar-refractivity contribution is 0.397. The van der Waals surface area contributed by atoms with E-state index in [0.29, 0.717) is 5.56 Å². The predicted octanol–water partition coefficient (Wildman–Crippen LogP) is 1.26. The predicted molar refractivity (Wildman–Crippen MR) is 45.3 cm³/mol. The van der Waals surface area contributed by atoms with Crippen LogP contribution >= 0.6 is 0 Å². The first-order chi connectivity index (χ1) is 6.20. The van der Waals surface area contributed by atoms with Gasteiger partial charge in [0.05, 0.1) is 11.8 Å². The van der Waals surface area contributed by atoms with Gasteiger partial charge in [0.25, 0.3) is 5.56 Å². The fourth-order valence-corrected chi connectivity index (χ4v) is 0.585. The summed E-state index contributed by atoms with van der Waals surface area (Å²) in [5, 5.41) is 5.58. The third-order valence-corrected chi connectivity index (χ3v) is 1.31. The Labute approximate surface area is 74.3 Å². The van der Waals surface area contributed by atoms with Crippen LogP contribution in [0.5, 0.6) is 0 Å². The Balaban J connectivity index is 0.000000132. The Hall–Kier alpha value is -1.78. The molecule has 0 aliphatic rings. The van der Waals surface area contributed by atoms with Crippen molar-refractivity contribution >= 4 is 0 Å². The lowest BCUT2D eigenvalue weighted by Gasteiger charge is -1.65. The quantitative estimate of drug-likeness (QED) is 0.665. The molecule has 0 spiro atoms. The first-order valence-corrected chi connectivity index (χ1v) is 3.70. The third-order valence-electron chi connectivity index (χ3n) is 1.31. The zero-order valence-electron chi connectivity index (χ0n) is 7.40. The molecule has 0 unspecified atom stereocenters. The number of nitrogens with zero attached hydrogens (tertiary/aromatic N) is 1. The van der Waals surface area contributed by atoms with Gasteiger partial charge in [-0.2, -0.15) is 5.16 Å². The minimum Gasteiger partial charge on any atom is -0.387 e. The van der Waals surface area contributed by atoms with Gasteiger partial charge < -0.3 is 9.05 Å². The average Bonchev–Trinajstić information content (AvgIpc) is 2.67. The summed E-state index contributed by atoms with van der Waals surface area (Å²) >= 11 is 0. The number of hydrogen-bond donors (Lipinski definition) is 1. The largest absolute Gasteiger partial charge is 0.387 e. The molecule has 5 heteroatoms. The fraction of sp³-hybridized carbons (Fsp3) is 0.250. The number of hydrogen-bond acceptors (Lipinski definition) is 4. The fourth-order valence-electron chi connectivity index (χ4n) is 0.585. The number of nitrogens with one attached hydrogen (secondary N) is 1. The van der Waals surface area contributed by atoms with E-state index in [9.17, 15) is 4.79 Å². The van der Waals surface area contributed by atoms with Gasteiger partial charge in [-0.25, -0.2) is 0 Å². The molecule has 0 amide bonds. The van der Waals surface area contributed by atoms with Crippen molar-refractivity contribution < 1.29 is 9.05 Å². The summed E-state index contributed by atoms with van der Waals surface area (Å²) < 4.78 is 8.99. The summed E-state index contributed by atoms with van der Waals surface area (Å²) in [6, 6.07) is 1.81. The molecule has 70 valence electrons. The van der Waals surface area contributed by atoms with Gasteiger partial charge in [-0.1, -0.05) is 5.16 Å². The SMILES string of the molecule is Cc1ccno1.Cc1co[nH]c1=O. The molecule has 0 fully saturated rings. The van der Waals surface area contributed by atoms with Crippen LogP contribution in [0.15, 0.2) is 32.4 Å². The van der Waals surface area contributed by atoms with Crippen LogP contribution in [0, 0.1) is 13.8 Å². The summed E-state index contributed by atoms with van der Waals surface area (Å²) in [5.74, 6) is 0.856. The molecule has 0 aliphatic heterocycles. The monoisotopic (exact) mass is 182 g/mol. The Morgan fingerprint density at radius 3 is 2.38 bits per heavy atom. The van der Waals surface area contributed by atoms with E-state index in [0.717, 1.165) is 5.76 Å². The van der Waals surface area contributed by atoms with Crippen LogP contribution in [-0.2, 0) is 0 Å².